The molecule has 1 aromatic carbocycles. The van der Waals surface area contributed by atoms with Crippen LogP contribution in [0.3, 0.4) is 0 Å². The van der Waals surface area contributed by atoms with Gasteiger partial charge in [0, 0.05) is 6.04 Å². The first kappa shape index (κ1) is 17.0. The van der Waals surface area contributed by atoms with Crippen LogP contribution >= 0.6 is 0 Å². The van der Waals surface area contributed by atoms with Gasteiger partial charge in [0.1, 0.15) is 0 Å². The number of sulfonamides is 1. The Bertz CT molecular complexity index is 574. The largest absolute Gasteiger partial charge is 0.416 e. The summed E-state index contributed by atoms with van der Waals surface area (Å²) in [6.07, 6.45) is -4.57. The molecule has 1 unspecified atom stereocenters. The van der Waals surface area contributed by atoms with E-state index in [9.17, 15) is 21.6 Å². The fourth-order valence-electron chi connectivity index (χ4n) is 1.32. The lowest BCUT2D eigenvalue weighted by molar-refractivity contribution is -0.137. The summed E-state index contributed by atoms with van der Waals surface area (Å²) in [5.74, 6) is 0. The Labute approximate surface area is 117 Å². The minimum atomic E-state index is -4.57. The molecule has 1 aromatic rings. The third-order valence-corrected chi connectivity index (χ3v) is 4.64. The minimum Gasteiger partial charge on any atom is -0.208 e. The summed E-state index contributed by atoms with van der Waals surface area (Å²) < 4.78 is 64.4. The van der Waals surface area contributed by atoms with Crippen molar-refractivity contribution in [2.45, 2.75) is 44.8 Å². The monoisotopic (exact) mass is 309 g/mol. The van der Waals surface area contributed by atoms with Crippen molar-refractivity contribution >= 4 is 10.0 Å². The first-order valence-electron chi connectivity index (χ1n) is 6.03. The fourth-order valence-corrected chi connectivity index (χ4v) is 2.81. The lowest BCUT2D eigenvalue weighted by atomic mass is 9.89. The molecule has 0 fully saturated rings. The second kappa shape index (κ2) is 5.37. The normalized spacial score (nSPS) is 15.2. The van der Waals surface area contributed by atoms with Crippen molar-refractivity contribution in [3.8, 4) is 0 Å². The van der Waals surface area contributed by atoms with Gasteiger partial charge in [-0.3, -0.25) is 0 Å². The highest BCUT2D eigenvalue weighted by molar-refractivity contribution is 7.89. The first-order chi connectivity index (χ1) is 8.84. The van der Waals surface area contributed by atoms with Gasteiger partial charge in [0.05, 0.1) is 10.5 Å². The Morgan fingerprint density at radius 3 is 2.15 bits per heavy atom. The summed E-state index contributed by atoms with van der Waals surface area (Å²) in [6, 6.07) is 3.29. The lowest BCUT2D eigenvalue weighted by Crippen LogP contribution is -2.41. The summed E-state index contributed by atoms with van der Waals surface area (Å²) in [6.45, 7) is 7.19. The van der Waals surface area contributed by atoms with Crippen molar-refractivity contribution in [3.05, 3.63) is 29.8 Å². The Balaban J connectivity index is 3.11. The Morgan fingerprint density at radius 1 is 1.15 bits per heavy atom. The molecule has 0 heterocycles. The Morgan fingerprint density at radius 2 is 1.70 bits per heavy atom. The molecule has 1 N–H and O–H groups in total. The average Bonchev–Trinajstić information content (AvgIpc) is 2.26. The molecule has 0 aliphatic rings. The Hall–Kier alpha value is -1.08. The van der Waals surface area contributed by atoms with Crippen molar-refractivity contribution in [1.29, 1.82) is 0 Å². The van der Waals surface area contributed by atoms with Crippen molar-refractivity contribution in [1.82, 2.24) is 4.72 Å². The van der Waals surface area contributed by atoms with Crippen molar-refractivity contribution in [3.63, 3.8) is 0 Å². The molecule has 1 rings (SSSR count). The highest BCUT2D eigenvalue weighted by atomic mass is 32.2. The highest BCUT2D eigenvalue weighted by Crippen LogP contribution is 2.30. The van der Waals surface area contributed by atoms with Gasteiger partial charge in [-0.1, -0.05) is 26.8 Å². The van der Waals surface area contributed by atoms with Crippen LogP contribution in [0.25, 0.3) is 0 Å². The predicted octanol–water partition coefficient (Wildman–Crippen LogP) is 3.42. The number of rotatable bonds is 3. The molecular formula is C13H18F3NO2S. The second-order valence-electron chi connectivity index (χ2n) is 5.73. The smallest absolute Gasteiger partial charge is 0.208 e. The van der Waals surface area contributed by atoms with Crippen molar-refractivity contribution < 1.29 is 21.6 Å². The minimum absolute atomic E-state index is 0.339. The molecule has 114 valence electrons. The van der Waals surface area contributed by atoms with E-state index in [0.29, 0.717) is 6.07 Å². The van der Waals surface area contributed by atoms with Crippen LogP contribution < -0.4 is 4.72 Å². The van der Waals surface area contributed by atoms with E-state index < -0.39 is 27.8 Å². The number of alkyl halides is 3. The van der Waals surface area contributed by atoms with Crippen LogP contribution in [0.4, 0.5) is 13.2 Å². The first-order valence-corrected chi connectivity index (χ1v) is 7.52. The average molecular weight is 309 g/mol. The zero-order valence-electron chi connectivity index (χ0n) is 11.7. The van der Waals surface area contributed by atoms with E-state index in [1.165, 1.54) is 0 Å². The molecule has 0 amide bonds. The number of hydrogen-bond donors (Lipinski definition) is 1. The zero-order valence-corrected chi connectivity index (χ0v) is 12.6. The Kier molecular flexibility index (Phi) is 4.55. The maximum absolute atomic E-state index is 12.6. The van der Waals surface area contributed by atoms with E-state index in [2.05, 4.69) is 4.72 Å². The summed E-state index contributed by atoms with van der Waals surface area (Å²) in [5, 5.41) is 0. The maximum Gasteiger partial charge on any atom is 0.416 e. The predicted molar refractivity (Wildman–Crippen MR) is 70.7 cm³/mol. The van der Waals surface area contributed by atoms with Gasteiger partial charge in [0.15, 0.2) is 0 Å². The molecule has 0 radical (unpaired) electrons. The van der Waals surface area contributed by atoms with Gasteiger partial charge in [-0.15, -0.1) is 0 Å². The molecule has 7 heteroatoms. The number of nitrogens with one attached hydrogen (secondary N) is 1. The molecule has 3 nitrogen and oxygen atoms in total. The van der Waals surface area contributed by atoms with Crippen LogP contribution in [0.5, 0.6) is 0 Å². The van der Waals surface area contributed by atoms with Crippen LogP contribution in [0, 0.1) is 5.41 Å². The van der Waals surface area contributed by atoms with Crippen molar-refractivity contribution in [2.24, 2.45) is 5.41 Å². The molecule has 20 heavy (non-hydrogen) atoms. The molecule has 0 aliphatic heterocycles. The topological polar surface area (TPSA) is 46.2 Å². The van der Waals surface area contributed by atoms with E-state index in [-0.39, 0.29) is 10.3 Å². The van der Waals surface area contributed by atoms with Crippen LogP contribution in [-0.2, 0) is 16.2 Å². The van der Waals surface area contributed by atoms with Gasteiger partial charge in [-0.05, 0) is 30.5 Å². The highest BCUT2D eigenvalue weighted by Gasteiger charge is 2.32. The summed E-state index contributed by atoms with van der Waals surface area (Å²) in [4.78, 5) is -0.386. The number of benzene rings is 1. The standard InChI is InChI=1S/C13H18F3NO2S/c1-9(12(2,3)4)17-20(18,19)11-7-5-6-10(8-11)13(14,15)16/h5-9,17H,1-4H3. The molecular weight excluding hydrogens is 291 g/mol. The van der Waals surface area contributed by atoms with Gasteiger partial charge in [-0.25, -0.2) is 13.1 Å². The molecule has 0 saturated carbocycles. The molecule has 0 spiro atoms. The van der Waals surface area contributed by atoms with E-state index >= 15 is 0 Å². The maximum atomic E-state index is 12.6. The van der Waals surface area contributed by atoms with E-state index in [0.717, 1.165) is 18.2 Å². The van der Waals surface area contributed by atoms with Gasteiger partial charge in [0.2, 0.25) is 10.0 Å². The zero-order chi connectivity index (χ0) is 15.8. The number of halogens is 3. The van der Waals surface area contributed by atoms with Crippen LogP contribution in [0.15, 0.2) is 29.2 Å². The van der Waals surface area contributed by atoms with E-state index in [1.54, 1.807) is 6.92 Å². The molecule has 0 aliphatic carbocycles. The quantitative estimate of drug-likeness (QED) is 0.930. The third kappa shape index (κ3) is 4.21. The van der Waals surface area contributed by atoms with Crippen LogP contribution in [-0.4, -0.2) is 14.5 Å². The van der Waals surface area contributed by atoms with Crippen LogP contribution in [0.2, 0.25) is 0 Å². The van der Waals surface area contributed by atoms with Crippen molar-refractivity contribution in [2.75, 3.05) is 0 Å². The fraction of sp³-hybridized carbons (Fsp3) is 0.538. The third-order valence-electron chi connectivity index (χ3n) is 3.10. The van der Waals surface area contributed by atoms with Gasteiger partial charge < -0.3 is 0 Å². The lowest BCUT2D eigenvalue weighted by Gasteiger charge is -2.27. The van der Waals surface area contributed by atoms with E-state index in [4.69, 9.17) is 0 Å². The van der Waals surface area contributed by atoms with Gasteiger partial charge in [-0.2, -0.15) is 13.2 Å². The number of hydrogen-bond acceptors (Lipinski definition) is 2. The molecule has 0 bridgehead atoms. The molecule has 0 aromatic heterocycles. The summed E-state index contributed by atoms with van der Waals surface area (Å²) in [7, 11) is -3.98. The SMILES string of the molecule is CC(NS(=O)(=O)c1cccc(C(F)(F)F)c1)C(C)(C)C. The second-order valence-corrected chi connectivity index (χ2v) is 7.45. The summed E-state index contributed by atoms with van der Waals surface area (Å²) >= 11 is 0. The van der Waals surface area contributed by atoms with Gasteiger partial charge in [0.25, 0.3) is 0 Å². The van der Waals surface area contributed by atoms with Gasteiger partial charge >= 0.3 is 6.18 Å². The molecule has 1 atom stereocenters. The van der Waals surface area contributed by atoms with Crippen LogP contribution in [0.1, 0.15) is 33.3 Å². The molecule has 0 saturated heterocycles. The van der Waals surface area contributed by atoms with E-state index in [1.807, 2.05) is 20.8 Å². The summed E-state index contributed by atoms with van der Waals surface area (Å²) in [5.41, 5.74) is -1.32.